The van der Waals surface area contributed by atoms with Gasteiger partial charge in [-0.15, -0.1) is 0 Å². The molecule has 1 heterocycles. The summed E-state index contributed by atoms with van der Waals surface area (Å²) in [5.74, 6) is -1.10. The molecule has 104 valence electrons. The molecule has 1 aromatic carbocycles. The van der Waals surface area contributed by atoms with Crippen LogP contribution in [0.3, 0.4) is 0 Å². The number of hydrogen-bond acceptors (Lipinski definition) is 2. The normalized spacial score (nSPS) is 10.7. The van der Waals surface area contributed by atoms with Gasteiger partial charge in [-0.25, -0.2) is 4.79 Å². The van der Waals surface area contributed by atoms with Gasteiger partial charge in [-0.1, -0.05) is 58.0 Å². The molecular weight excluding hydrogens is 367 g/mol. The van der Waals surface area contributed by atoms with Crippen LogP contribution >= 0.6 is 58.0 Å². The molecule has 0 aliphatic heterocycles. The summed E-state index contributed by atoms with van der Waals surface area (Å²) < 4.78 is 0. The first kappa shape index (κ1) is 15.7. The highest BCUT2D eigenvalue weighted by atomic mass is 35.5. The van der Waals surface area contributed by atoms with E-state index in [2.05, 4.69) is 4.98 Å². The van der Waals surface area contributed by atoms with Crippen LogP contribution in [-0.2, 0) is 0 Å². The second kappa shape index (κ2) is 5.96. The monoisotopic (exact) mass is 369 g/mol. The Morgan fingerprint density at radius 1 is 0.950 bits per heavy atom. The number of rotatable bonds is 2. The van der Waals surface area contributed by atoms with Crippen LogP contribution in [0, 0.1) is 0 Å². The number of carboxylic acids is 1. The second-order valence-corrected chi connectivity index (χ2v) is 5.57. The molecule has 0 radical (unpaired) electrons. The highest BCUT2D eigenvalue weighted by Gasteiger charge is 2.21. The molecule has 0 amide bonds. The van der Waals surface area contributed by atoms with E-state index >= 15 is 0 Å². The van der Waals surface area contributed by atoms with E-state index in [1.54, 1.807) is 0 Å². The zero-order valence-electron chi connectivity index (χ0n) is 9.42. The Balaban J connectivity index is 2.76. The highest BCUT2D eigenvalue weighted by molar-refractivity contribution is 6.56. The van der Waals surface area contributed by atoms with Crippen molar-refractivity contribution in [1.82, 2.24) is 4.98 Å². The topological polar surface area (TPSA) is 50.2 Å². The van der Waals surface area contributed by atoms with Crippen LogP contribution in [0.4, 0.5) is 0 Å². The zero-order valence-corrected chi connectivity index (χ0v) is 13.2. The number of carbonyl (C=O) groups is 1. The molecule has 1 N–H and O–H groups in total. The molecule has 0 atom stereocenters. The van der Waals surface area contributed by atoms with Gasteiger partial charge >= 0.3 is 5.97 Å². The first-order valence-corrected chi connectivity index (χ1v) is 6.94. The number of carboxylic acid groups (broad SMARTS) is 1. The Morgan fingerprint density at radius 3 is 1.95 bits per heavy atom. The largest absolute Gasteiger partial charge is 0.478 e. The predicted molar refractivity (Wildman–Crippen MR) is 81.7 cm³/mol. The molecule has 20 heavy (non-hydrogen) atoms. The van der Waals surface area contributed by atoms with Crippen molar-refractivity contribution in [3.63, 3.8) is 0 Å². The number of aromatic carboxylic acids is 1. The fourth-order valence-electron chi connectivity index (χ4n) is 1.53. The number of nitrogens with zero attached hydrogens (tertiary/aromatic N) is 1. The third kappa shape index (κ3) is 2.69. The third-order valence-corrected chi connectivity index (χ3v) is 4.75. The van der Waals surface area contributed by atoms with Crippen molar-refractivity contribution >= 4 is 64.0 Å². The van der Waals surface area contributed by atoms with Gasteiger partial charge < -0.3 is 5.11 Å². The summed E-state index contributed by atoms with van der Waals surface area (Å²) in [5, 5.41) is 9.18. The van der Waals surface area contributed by atoms with Crippen LogP contribution < -0.4 is 0 Å². The summed E-state index contributed by atoms with van der Waals surface area (Å²) in [6.07, 6.45) is 1.32. The molecule has 2 aromatic rings. The zero-order chi connectivity index (χ0) is 15.0. The van der Waals surface area contributed by atoms with Crippen molar-refractivity contribution in [2.45, 2.75) is 0 Å². The van der Waals surface area contributed by atoms with Crippen molar-refractivity contribution in [2.75, 3.05) is 0 Å². The fourth-order valence-corrected chi connectivity index (χ4v) is 2.86. The minimum absolute atomic E-state index is 0.0280. The SMILES string of the molecule is O=C(O)c1ccnc(-c2c(Cl)c(Cl)c(Cl)c(Cl)c2Cl)c1. The lowest BCUT2D eigenvalue weighted by Gasteiger charge is -2.12. The molecule has 1 aromatic heterocycles. The van der Waals surface area contributed by atoms with Crippen molar-refractivity contribution in [3.8, 4) is 11.3 Å². The van der Waals surface area contributed by atoms with E-state index < -0.39 is 5.97 Å². The quantitative estimate of drug-likeness (QED) is 0.543. The molecule has 8 heteroatoms. The molecule has 0 bridgehead atoms. The van der Waals surface area contributed by atoms with Crippen molar-refractivity contribution in [1.29, 1.82) is 0 Å². The summed E-state index contributed by atoms with van der Waals surface area (Å²) in [5.41, 5.74) is 0.500. The number of halogens is 5. The minimum Gasteiger partial charge on any atom is -0.478 e. The second-order valence-electron chi connectivity index (χ2n) is 3.68. The van der Waals surface area contributed by atoms with Gasteiger partial charge in [0.25, 0.3) is 0 Å². The lowest BCUT2D eigenvalue weighted by atomic mass is 10.1. The van der Waals surface area contributed by atoms with E-state index in [1.807, 2.05) is 0 Å². The predicted octanol–water partition coefficient (Wildman–Crippen LogP) is 5.71. The Bertz CT molecular complexity index is 688. The number of hydrogen-bond donors (Lipinski definition) is 1. The van der Waals surface area contributed by atoms with Gasteiger partial charge in [0.15, 0.2) is 0 Å². The van der Waals surface area contributed by atoms with E-state index in [4.69, 9.17) is 63.1 Å². The first-order chi connectivity index (χ1) is 9.34. The van der Waals surface area contributed by atoms with Crippen molar-refractivity contribution in [2.24, 2.45) is 0 Å². The van der Waals surface area contributed by atoms with Crippen LogP contribution in [0.1, 0.15) is 10.4 Å². The summed E-state index contributed by atoms with van der Waals surface area (Å²) in [4.78, 5) is 15.0. The fraction of sp³-hybridized carbons (Fsp3) is 0. The molecule has 0 saturated heterocycles. The van der Waals surface area contributed by atoms with Crippen LogP contribution in [0.15, 0.2) is 18.3 Å². The van der Waals surface area contributed by atoms with E-state index in [0.29, 0.717) is 0 Å². The van der Waals surface area contributed by atoms with Gasteiger partial charge in [-0.3, -0.25) is 4.98 Å². The molecule has 0 spiro atoms. The van der Waals surface area contributed by atoms with E-state index in [-0.39, 0.29) is 41.9 Å². The van der Waals surface area contributed by atoms with Gasteiger partial charge in [-0.05, 0) is 12.1 Å². The van der Waals surface area contributed by atoms with E-state index in [0.717, 1.165) is 0 Å². The van der Waals surface area contributed by atoms with Gasteiger partial charge in [-0.2, -0.15) is 0 Å². The molecule has 3 nitrogen and oxygen atoms in total. The van der Waals surface area contributed by atoms with Gasteiger partial charge in [0.1, 0.15) is 0 Å². The van der Waals surface area contributed by atoms with E-state index in [1.165, 1.54) is 18.3 Å². The molecule has 0 saturated carbocycles. The maximum Gasteiger partial charge on any atom is 0.335 e. The van der Waals surface area contributed by atoms with Gasteiger partial charge in [0.05, 0.1) is 36.4 Å². The molecule has 0 fully saturated rings. The average Bonchev–Trinajstić information content (AvgIpc) is 2.43. The van der Waals surface area contributed by atoms with Gasteiger partial charge in [0, 0.05) is 11.8 Å². The number of pyridine rings is 1. The first-order valence-electron chi connectivity index (χ1n) is 5.05. The van der Waals surface area contributed by atoms with Gasteiger partial charge in [0.2, 0.25) is 0 Å². The Hall–Kier alpha value is -0.710. The molecule has 0 aliphatic rings. The number of aromatic nitrogens is 1. The van der Waals surface area contributed by atoms with Crippen LogP contribution in [0.2, 0.25) is 25.1 Å². The average molecular weight is 371 g/mol. The van der Waals surface area contributed by atoms with Crippen molar-refractivity contribution < 1.29 is 9.90 Å². The summed E-state index contributed by atoms with van der Waals surface area (Å²) in [6.45, 7) is 0. The van der Waals surface area contributed by atoms with Crippen LogP contribution in [0.5, 0.6) is 0 Å². The summed E-state index contributed by atoms with van der Waals surface area (Å²) in [6, 6.07) is 2.66. The maximum absolute atomic E-state index is 11.0. The Kier molecular flexibility index (Phi) is 4.67. The highest BCUT2D eigenvalue weighted by Crippen LogP contribution is 2.47. The Morgan fingerprint density at radius 2 is 1.45 bits per heavy atom. The van der Waals surface area contributed by atoms with Crippen LogP contribution in [-0.4, -0.2) is 16.1 Å². The molecule has 0 aliphatic carbocycles. The molecular formula is C12H4Cl5NO2. The van der Waals surface area contributed by atoms with Crippen LogP contribution in [0.25, 0.3) is 11.3 Å². The lowest BCUT2D eigenvalue weighted by Crippen LogP contribution is -1.98. The summed E-state index contributed by atoms with van der Waals surface area (Å²) in [7, 11) is 0. The standard InChI is InChI=1S/C12H4Cl5NO2/c13-7-6(8(14)10(16)11(17)9(7)15)5-3-4(12(19)20)1-2-18-5/h1-3H,(H,19,20). The third-order valence-electron chi connectivity index (χ3n) is 2.47. The maximum atomic E-state index is 11.0. The van der Waals surface area contributed by atoms with Crippen molar-refractivity contribution in [3.05, 3.63) is 49.0 Å². The summed E-state index contributed by atoms with van der Waals surface area (Å²) >= 11 is 30.0. The molecule has 0 unspecified atom stereocenters. The Labute approximate surface area is 139 Å². The molecule has 2 rings (SSSR count). The smallest absolute Gasteiger partial charge is 0.335 e. The van der Waals surface area contributed by atoms with E-state index in [9.17, 15) is 4.79 Å². The number of benzene rings is 1. The minimum atomic E-state index is -1.10. The lowest BCUT2D eigenvalue weighted by molar-refractivity contribution is 0.0697.